The predicted octanol–water partition coefficient (Wildman–Crippen LogP) is 4.77. The summed E-state index contributed by atoms with van der Waals surface area (Å²) in [7, 11) is 1.91. The molecule has 1 amide bonds. The third-order valence-corrected chi connectivity index (χ3v) is 6.27. The number of pyridine rings is 1. The number of alkyl halides is 1. The van der Waals surface area contributed by atoms with Gasteiger partial charge in [0.25, 0.3) is 12.6 Å². The number of hydrogen-bond donors (Lipinski definition) is 1. The van der Waals surface area contributed by atoms with Crippen molar-refractivity contribution in [3.63, 3.8) is 0 Å². The molecular weight excluding hydrogens is 473 g/mol. The number of benzene rings is 1. The molecule has 1 aliphatic rings. The van der Waals surface area contributed by atoms with E-state index in [0.717, 1.165) is 18.4 Å². The van der Waals surface area contributed by atoms with E-state index >= 15 is 0 Å². The predicted molar refractivity (Wildman–Crippen MR) is 136 cm³/mol. The lowest BCUT2D eigenvalue weighted by atomic mass is 9.74. The van der Waals surface area contributed by atoms with E-state index in [1.165, 1.54) is 6.38 Å². The molecule has 0 spiro atoms. The van der Waals surface area contributed by atoms with Gasteiger partial charge >= 0.3 is 0 Å². The Morgan fingerprint density at radius 3 is 2.62 bits per heavy atom. The van der Waals surface area contributed by atoms with E-state index < -0.39 is 5.54 Å². The van der Waals surface area contributed by atoms with Crippen LogP contribution in [0.1, 0.15) is 55.5 Å². The number of amides is 1. The van der Waals surface area contributed by atoms with Gasteiger partial charge in [0, 0.05) is 30.4 Å². The summed E-state index contributed by atoms with van der Waals surface area (Å²) in [5.41, 5.74) is 0.647. The molecule has 1 fully saturated rings. The van der Waals surface area contributed by atoms with E-state index in [9.17, 15) is 9.59 Å². The second kappa shape index (κ2) is 13.8. The number of ether oxygens (including phenoxy) is 1. The van der Waals surface area contributed by atoms with Crippen molar-refractivity contribution in [2.45, 2.75) is 51.8 Å². The number of rotatable bonds is 9. The van der Waals surface area contributed by atoms with Crippen molar-refractivity contribution < 1.29 is 18.9 Å². The van der Waals surface area contributed by atoms with Crippen molar-refractivity contribution in [3.05, 3.63) is 64.9 Å². The summed E-state index contributed by atoms with van der Waals surface area (Å²) >= 11 is 11.2. The van der Waals surface area contributed by atoms with Gasteiger partial charge < -0.3 is 10.1 Å². The zero-order valence-electron chi connectivity index (χ0n) is 20.5. The molecule has 1 heterocycles. The maximum absolute atomic E-state index is 13.2. The molecule has 1 aliphatic carbocycles. The summed E-state index contributed by atoms with van der Waals surface area (Å²) in [6.07, 6.45) is 8.22. The minimum atomic E-state index is -0.778. The van der Waals surface area contributed by atoms with E-state index in [4.69, 9.17) is 16.3 Å². The Hall–Kier alpha value is -1.99. The van der Waals surface area contributed by atoms with Crippen LogP contribution in [0.15, 0.2) is 48.8 Å². The van der Waals surface area contributed by atoms with Crippen LogP contribution >= 0.6 is 23.2 Å². The molecule has 186 valence electrons. The van der Waals surface area contributed by atoms with Gasteiger partial charge in [0.05, 0.1) is 0 Å². The quantitative estimate of drug-likeness (QED) is 0.301. The largest absolute Gasteiger partial charge is 0.352 e. The fraction of sp³-hybridized carbons (Fsp3) is 0.500. The van der Waals surface area contributed by atoms with Crippen LogP contribution in [0.25, 0.3) is 0 Å². The highest BCUT2D eigenvalue weighted by Gasteiger charge is 2.46. The molecular formula is C26H36Cl2N3O3+. The number of nitrogens with zero attached hydrogens (tertiary/aromatic N) is 2. The van der Waals surface area contributed by atoms with Gasteiger partial charge in [-0.25, -0.2) is 0 Å². The van der Waals surface area contributed by atoms with Gasteiger partial charge in [0.2, 0.25) is 0 Å². The molecule has 0 radical (unpaired) electrons. The highest BCUT2D eigenvalue weighted by molar-refractivity contribution is 6.31. The first-order valence-corrected chi connectivity index (χ1v) is 12.7. The fourth-order valence-corrected chi connectivity index (χ4v) is 4.52. The molecule has 1 atom stereocenters. The zero-order chi connectivity index (χ0) is 25.1. The molecule has 2 aromatic rings. The lowest BCUT2D eigenvalue weighted by Gasteiger charge is -2.43. The number of nitrogens with one attached hydrogen (secondary N) is 1. The number of carbonyl (C=O) groups excluding carboxylic acids is 2. The Morgan fingerprint density at radius 2 is 1.94 bits per heavy atom. The third kappa shape index (κ3) is 7.01. The van der Waals surface area contributed by atoms with Crippen LogP contribution in [0.4, 0.5) is 0 Å². The molecule has 8 heteroatoms. The van der Waals surface area contributed by atoms with Crippen LogP contribution in [0, 0.1) is 5.92 Å². The second-order valence-corrected chi connectivity index (χ2v) is 9.25. The first-order valence-electron chi connectivity index (χ1n) is 11.6. The maximum atomic E-state index is 13.2. The molecule has 1 N–H and O–H groups in total. The standard InChI is InChI=1S/C25H32ClN3O3.CH3Cl/c1-19(2)15-27-24(31)20-9-8-14-29(16-20)18-32-17-28(3)25(13-7-6-12-23(25)30)21-10-4-5-11-22(21)26;1-2/h4-5,8-11,14,16,19H,6-7,12-13,15,17-18H2,1-3H3;1H3/p+1. The van der Waals surface area contributed by atoms with Crippen LogP contribution < -0.4 is 9.88 Å². The molecule has 3 rings (SSSR count). The summed E-state index contributed by atoms with van der Waals surface area (Å²) in [5.74, 6) is 0.469. The molecule has 34 heavy (non-hydrogen) atoms. The van der Waals surface area contributed by atoms with Crippen molar-refractivity contribution in [3.8, 4) is 0 Å². The highest BCUT2D eigenvalue weighted by atomic mass is 35.5. The fourth-order valence-electron chi connectivity index (χ4n) is 4.23. The third-order valence-electron chi connectivity index (χ3n) is 5.94. The lowest BCUT2D eigenvalue weighted by molar-refractivity contribution is -0.733. The number of hydrogen-bond acceptors (Lipinski definition) is 4. The summed E-state index contributed by atoms with van der Waals surface area (Å²) in [5, 5.41) is 3.53. The summed E-state index contributed by atoms with van der Waals surface area (Å²) in [4.78, 5) is 27.5. The Morgan fingerprint density at radius 1 is 1.21 bits per heavy atom. The Bertz CT molecular complexity index is 954. The van der Waals surface area contributed by atoms with Crippen molar-refractivity contribution in [1.82, 2.24) is 10.2 Å². The van der Waals surface area contributed by atoms with Gasteiger partial charge in [-0.05, 0) is 43.5 Å². The molecule has 0 saturated heterocycles. The molecule has 0 bridgehead atoms. The van der Waals surface area contributed by atoms with Crippen LogP contribution in [-0.4, -0.2) is 43.3 Å². The minimum absolute atomic E-state index is 0.101. The maximum Gasteiger partial charge on any atom is 0.257 e. The first-order chi connectivity index (χ1) is 16.3. The van der Waals surface area contributed by atoms with E-state index in [2.05, 4.69) is 30.8 Å². The molecule has 1 unspecified atom stereocenters. The Balaban J connectivity index is 0.00000199. The zero-order valence-corrected chi connectivity index (χ0v) is 22.0. The highest BCUT2D eigenvalue weighted by Crippen LogP contribution is 2.42. The summed E-state index contributed by atoms with van der Waals surface area (Å²) < 4.78 is 7.79. The van der Waals surface area contributed by atoms with Crippen LogP contribution in [0.3, 0.4) is 0 Å². The normalized spacial score (nSPS) is 17.9. The minimum Gasteiger partial charge on any atom is -0.352 e. The average Bonchev–Trinajstić information content (AvgIpc) is 2.85. The van der Waals surface area contributed by atoms with Crippen molar-refractivity contribution in [2.75, 3.05) is 26.7 Å². The summed E-state index contributed by atoms with van der Waals surface area (Å²) in [6.45, 7) is 5.27. The van der Waals surface area contributed by atoms with Gasteiger partial charge in [0.15, 0.2) is 18.2 Å². The SMILES string of the molecule is CC(C)CNC(=O)c1ccc[n+](COCN(C)C2(c3ccccc3Cl)CCCCC2=O)c1.CCl. The van der Waals surface area contributed by atoms with Gasteiger partial charge in [-0.15, -0.1) is 11.6 Å². The number of halogens is 2. The first kappa shape index (κ1) is 28.2. The van der Waals surface area contributed by atoms with Crippen LogP contribution in [0.5, 0.6) is 0 Å². The van der Waals surface area contributed by atoms with E-state index in [-0.39, 0.29) is 25.2 Å². The lowest BCUT2D eigenvalue weighted by Crippen LogP contribution is -2.53. The number of Topliss-reactive ketones (excluding diaryl/α,β-unsaturated/α-hetero) is 1. The number of ketones is 1. The van der Waals surface area contributed by atoms with Crippen molar-refractivity contribution in [2.24, 2.45) is 5.92 Å². The number of aromatic nitrogens is 1. The summed E-state index contributed by atoms with van der Waals surface area (Å²) in [6, 6.07) is 11.2. The van der Waals surface area contributed by atoms with Gasteiger partial charge in [0.1, 0.15) is 17.8 Å². The van der Waals surface area contributed by atoms with Crippen LogP contribution in [-0.2, 0) is 21.8 Å². The van der Waals surface area contributed by atoms with Gasteiger partial charge in [-0.3, -0.25) is 14.5 Å². The van der Waals surface area contributed by atoms with Crippen molar-refractivity contribution >= 4 is 34.9 Å². The van der Waals surface area contributed by atoms with Crippen molar-refractivity contribution in [1.29, 1.82) is 0 Å². The second-order valence-electron chi connectivity index (χ2n) is 8.84. The smallest absolute Gasteiger partial charge is 0.257 e. The van der Waals surface area contributed by atoms with E-state index in [0.29, 0.717) is 35.9 Å². The Kier molecular flexibility index (Phi) is 11.5. The topological polar surface area (TPSA) is 62.5 Å². The van der Waals surface area contributed by atoms with Gasteiger partial charge in [-0.2, -0.15) is 4.57 Å². The molecule has 1 aromatic heterocycles. The molecule has 6 nitrogen and oxygen atoms in total. The van der Waals surface area contributed by atoms with E-state index in [1.807, 2.05) is 53.0 Å². The monoisotopic (exact) mass is 508 g/mol. The Labute approximate surface area is 213 Å². The molecule has 1 saturated carbocycles. The van der Waals surface area contributed by atoms with E-state index in [1.54, 1.807) is 12.3 Å². The molecule has 1 aromatic carbocycles. The van der Waals surface area contributed by atoms with Crippen LogP contribution in [0.2, 0.25) is 5.02 Å². The molecule has 0 aliphatic heterocycles. The number of carbonyl (C=O) groups is 2. The average molecular weight is 509 g/mol. The van der Waals surface area contributed by atoms with Gasteiger partial charge in [-0.1, -0.05) is 50.1 Å². The number of likely N-dealkylation sites (N-methyl/N-ethyl adjacent to an activating group) is 1.